The lowest BCUT2D eigenvalue weighted by molar-refractivity contribution is 0.511. The highest BCUT2D eigenvalue weighted by atomic mass is 32.2. The van der Waals surface area contributed by atoms with Crippen LogP contribution in [0.4, 0.5) is 11.4 Å². The van der Waals surface area contributed by atoms with Gasteiger partial charge in [0.1, 0.15) is 0 Å². The molecule has 4 aromatic rings. The summed E-state index contributed by atoms with van der Waals surface area (Å²) in [5.41, 5.74) is 3.58. The molecule has 4 aromatic carbocycles. The van der Waals surface area contributed by atoms with Crippen LogP contribution in [0, 0.1) is 13.8 Å². The van der Waals surface area contributed by atoms with Gasteiger partial charge in [0.25, 0.3) is 20.0 Å². The molecule has 0 fully saturated rings. The number of benzene rings is 4. The third-order valence-corrected chi connectivity index (χ3v) is 10.7. The summed E-state index contributed by atoms with van der Waals surface area (Å²) in [6.07, 6.45) is 0.280. The highest BCUT2D eigenvalue weighted by Gasteiger charge is 2.43. The molecule has 2 atom stereocenters. The number of aryl methyl sites for hydroxylation is 2. The zero-order valence-electron chi connectivity index (χ0n) is 21.5. The molecule has 0 unspecified atom stereocenters. The van der Waals surface area contributed by atoms with Crippen molar-refractivity contribution in [3.63, 3.8) is 0 Å². The third-order valence-electron chi connectivity index (χ3n) is 6.95. The first-order valence-corrected chi connectivity index (χ1v) is 15.3. The van der Waals surface area contributed by atoms with Gasteiger partial charge >= 0.3 is 0 Å². The molecule has 1 heterocycles. The minimum absolute atomic E-state index is 0.187. The van der Waals surface area contributed by atoms with E-state index in [4.69, 9.17) is 0 Å². The Hall–Kier alpha value is -3.62. The van der Waals surface area contributed by atoms with Crippen LogP contribution >= 0.6 is 0 Å². The molecular weight excluding hydrogens is 516 g/mol. The van der Waals surface area contributed by atoms with Gasteiger partial charge in [-0.3, -0.25) is 8.61 Å². The van der Waals surface area contributed by atoms with Crippen LogP contribution in [0.2, 0.25) is 0 Å². The molecule has 6 nitrogen and oxygen atoms in total. The van der Waals surface area contributed by atoms with Gasteiger partial charge in [-0.2, -0.15) is 0 Å². The van der Waals surface area contributed by atoms with Gasteiger partial charge in [0.05, 0.1) is 27.2 Å². The van der Waals surface area contributed by atoms with Crippen molar-refractivity contribution in [1.82, 2.24) is 0 Å². The minimum Gasteiger partial charge on any atom is -0.263 e. The molecule has 0 saturated heterocycles. The van der Waals surface area contributed by atoms with E-state index in [-0.39, 0.29) is 16.2 Å². The van der Waals surface area contributed by atoms with E-state index in [1.165, 1.54) is 8.61 Å². The first-order valence-electron chi connectivity index (χ1n) is 12.5. The van der Waals surface area contributed by atoms with Gasteiger partial charge < -0.3 is 0 Å². The molecule has 0 amide bonds. The third kappa shape index (κ3) is 4.59. The summed E-state index contributed by atoms with van der Waals surface area (Å²) in [5.74, 6) is 0. The second-order valence-electron chi connectivity index (χ2n) is 9.72. The number of hydrogen-bond acceptors (Lipinski definition) is 4. The fourth-order valence-corrected chi connectivity index (χ4v) is 8.38. The topological polar surface area (TPSA) is 74.8 Å². The Morgan fingerprint density at radius 3 is 1.82 bits per heavy atom. The Balaban J connectivity index is 1.68. The average molecular weight is 547 g/mol. The van der Waals surface area contributed by atoms with Crippen LogP contribution in [0.5, 0.6) is 0 Å². The molecule has 38 heavy (non-hydrogen) atoms. The monoisotopic (exact) mass is 546 g/mol. The second kappa shape index (κ2) is 9.93. The van der Waals surface area contributed by atoms with E-state index in [9.17, 15) is 16.8 Å². The molecule has 0 aromatic heterocycles. The minimum atomic E-state index is -3.98. The van der Waals surface area contributed by atoms with Crippen LogP contribution in [-0.2, 0) is 20.0 Å². The van der Waals surface area contributed by atoms with Gasteiger partial charge in [-0.05, 0) is 69.7 Å². The molecule has 5 rings (SSSR count). The lowest BCUT2D eigenvalue weighted by atomic mass is 9.93. The summed E-state index contributed by atoms with van der Waals surface area (Å²) >= 11 is 0. The first-order chi connectivity index (χ1) is 18.1. The van der Waals surface area contributed by atoms with Crippen LogP contribution in [0.25, 0.3) is 0 Å². The summed E-state index contributed by atoms with van der Waals surface area (Å²) in [6.45, 7) is 5.65. The molecule has 0 saturated carbocycles. The fraction of sp³-hybridized carbons (Fsp3) is 0.200. The van der Waals surface area contributed by atoms with Crippen molar-refractivity contribution < 1.29 is 16.8 Å². The maximum Gasteiger partial charge on any atom is 0.264 e. The molecule has 0 spiro atoms. The van der Waals surface area contributed by atoms with Crippen LogP contribution in [-0.4, -0.2) is 22.9 Å². The summed E-state index contributed by atoms with van der Waals surface area (Å²) in [6, 6.07) is 28.7. The Morgan fingerprint density at radius 2 is 1.21 bits per heavy atom. The van der Waals surface area contributed by atoms with Crippen LogP contribution in [0.15, 0.2) is 113 Å². The number of fused-ring (bicyclic) bond motifs is 1. The van der Waals surface area contributed by atoms with Gasteiger partial charge in [0.15, 0.2) is 0 Å². The molecule has 1 aliphatic rings. The largest absolute Gasteiger partial charge is 0.264 e. The standard InChI is InChI=1S/C30H30N2O4S2/c1-22-13-17-26(18-14-22)37(33,34)31-24(3)21-30(28-11-7-8-12-29(28)31)32(25-9-5-4-6-10-25)38(35,36)27-19-15-23(2)16-20-27/h4-20,24,30H,21H2,1-3H3/t24-,30+/m1/s1. The van der Waals surface area contributed by atoms with Gasteiger partial charge in [-0.15, -0.1) is 0 Å². The summed E-state index contributed by atoms with van der Waals surface area (Å²) in [7, 11) is -7.86. The number of rotatable bonds is 6. The summed E-state index contributed by atoms with van der Waals surface area (Å²) < 4.78 is 59.0. The molecule has 196 valence electrons. The van der Waals surface area contributed by atoms with Crippen molar-refractivity contribution in [1.29, 1.82) is 0 Å². The maximum absolute atomic E-state index is 14.2. The van der Waals surface area contributed by atoms with Gasteiger partial charge in [-0.1, -0.05) is 71.8 Å². The normalized spacial score (nSPS) is 17.6. The van der Waals surface area contributed by atoms with Crippen LogP contribution < -0.4 is 8.61 Å². The molecule has 0 bridgehead atoms. The number of anilines is 2. The number of para-hydroxylation sites is 2. The molecule has 0 radical (unpaired) electrons. The van der Waals surface area contributed by atoms with Crippen molar-refractivity contribution in [3.8, 4) is 0 Å². The van der Waals surface area contributed by atoms with E-state index in [1.807, 2.05) is 39.0 Å². The van der Waals surface area contributed by atoms with Gasteiger partial charge in [-0.25, -0.2) is 16.8 Å². The zero-order chi connectivity index (χ0) is 27.1. The lowest BCUT2D eigenvalue weighted by Crippen LogP contribution is -2.47. The lowest BCUT2D eigenvalue weighted by Gasteiger charge is -2.43. The summed E-state index contributed by atoms with van der Waals surface area (Å²) in [4.78, 5) is 0.391. The van der Waals surface area contributed by atoms with Crippen molar-refractivity contribution in [3.05, 3.63) is 120 Å². The van der Waals surface area contributed by atoms with E-state index in [1.54, 1.807) is 84.9 Å². The van der Waals surface area contributed by atoms with Crippen molar-refractivity contribution in [2.75, 3.05) is 8.61 Å². The Morgan fingerprint density at radius 1 is 0.684 bits per heavy atom. The van der Waals surface area contributed by atoms with Crippen LogP contribution in [0.3, 0.4) is 0 Å². The maximum atomic E-state index is 14.2. The first kappa shape index (κ1) is 26.0. The van der Waals surface area contributed by atoms with E-state index in [0.717, 1.165) is 11.1 Å². The predicted molar refractivity (Wildman–Crippen MR) is 151 cm³/mol. The van der Waals surface area contributed by atoms with E-state index in [0.29, 0.717) is 16.9 Å². The molecule has 8 heteroatoms. The Kier molecular flexibility index (Phi) is 6.79. The average Bonchev–Trinajstić information content (AvgIpc) is 2.89. The van der Waals surface area contributed by atoms with E-state index >= 15 is 0 Å². The number of hydrogen-bond donors (Lipinski definition) is 0. The van der Waals surface area contributed by atoms with E-state index < -0.39 is 32.1 Å². The van der Waals surface area contributed by atoms with Crippen molar-refractivity contribution >= 4 is 31.4 Å². The summed E-state index contributed by atoms with van der Waals surface area (Å²) in [5, 5.41) is 0. The smallest absolute Gasteiger partial charge is 0.263 e. The van der Waals surface area contributed by atoms with Crippen molar-refractivity contribution in [2.45, 2.75) is 49.1 Å². The van der Waals surface area contributed by atoms with Crippen molar-refractivity contribution in [2.24, 2.45) is 0 Å². The predicted octanol–water partition coefficient (Wildman–Crippen LogP) is 6.23. The highest BCUT2D eigenvalue weighted by molar-refractivity contribution is 7.93. The number of sulfonamides is 2. The van der Waals surface area contributed by atoms with Gasteiger partial charge in [0.2, 0.25) is 0 Å². The van der Waals surface area contributed by atoms with Crippen LogP contribution in [0.1, 0.15) is 36.1 Å². The van der Waals surface area contributed by atoms with Gasteiger partial charge in [0, 0.05) is 11.6 Å². The molecular formula is C30H30N2O4S2. The number of nitrogens with zero attached hydrogens (tertiary/aromatic N) is 2. The molecule has 0 N–H and O–H groups in total. The zero-order valence-corrected chi connectivity index (χ0v) is 23.2. The quantitative estimate of drug-likeness (QED) is 0.287. The van der Waals surface area contributed by atoms with E-state index in [2.05, 4.69) is 0 Å². The molecule has 0 aliphatic carbocycles. The SMILES string of the molecule is Cc1ccc(S(=O)(=O)N2c3ccccc3[C@@H](N(c3ccccc3)S(=O)(=O)c3ccc(C)cc3)C[C@H]2C)cc1. The Labute approximate surface area is 225 Å². The Bertz CT molecular complexity index is 1650. The molecule has 1 aliphatic heterocycles. The highest BCUT2D eigenvalue weighted by Crippen LogP contribution is 2.46. The fourth-order valence-electron chi connectivity index (χ4n) is 5.05. The second-order valence-corrected chi connectivity index (χ2v) is 13.4.